The Morgan fingerprint density at radius 2 is 2.00 bits per heavy atom. The van der Waals surface area contributed by atoms with Crippen LogP contribution in [0.25, 0.3) is 0 Å². The Labute approximate surface area is 129 Å². The molecule has 1 N–H and O–H groups in total. The molecule has 2 rings (SSSR count). The summed E-state index contributed by atoms with van der Waals surface area (Å²) in [6, 6.07) is 7.44. The van der Waals surface area contributed by atoms with Gasteiger partial charge in [-0.15, -0.1) is 0 Å². The molecule has 1 fully saturated rings. The van der Waals surface area contributed by atoms with Gasteiger partial charge in [-0.05, 0) is 43.9 Å². The smallest absolute Gasteiger partial charge is 0.311 e. The number of benzene rings is 1. The van der Waals surface area contributed by atoms with Crippen LogP contribution in [-0.4, -0.2) is 35.0 Å². The van der Waals surface area contributed by atoms with Crippen LogP contribution >= 0.6 is 11.6 Å². The van der Waals surface area contributed by atoms with Crippen molar-refractivity contribution in [2.75, 3.05) is 13.1 Å². The minimum atomic E-state index is -0.822. The van der Waals surface area contributed by atoms with E-state index in [2.05, 4.69) is 0 Å². The van der Waals surface area contributed by atoms with E-state index in [9.17, 15) is 14.7 Å². The van der Waals surface area contributed by atoms with Crippen LogP contribution < -0.4 is 0 Å². The van der Waals surface area contributed by atoms with Crippen LogP contribution in [0.1, 0.15) is 31.7 Å². The lowest BCUT2D eigenvalue weighted by Gasteiger charge is -2.37. The Bertz CT molecular complexity index is 529. The van der Waals surface area contributed by atoms with Crippen molar-refractivity contribution >= 4 is 23.5 Å². The number of halogens is 1. The first kappa shape index (κ1) is 15.8. The van der Waals surface area contributed by atoms with Crippen molar-refractivity contribution < 1.29 is 14.7 Å². The molecule has 0 aliphatic carbocycles. The first-order valence-electron chi connectivity index (χ1n) is 7.16. The normalized spacial score (nSPS) is 22.1. The fourth-order valence-electron chi connectivity index (χ4n) is 2.69. The molecular formula is C16H20ClNO3. The van der Waals surface area contributed by atoms with E-state index in [0.29, 0.717) is 37.4 Å². The van der Waals surface area contributed by atoms with Crippen molar-refractivity contribution in [2.24, 2.45) is 5.41 Å². The summed E-state index contributed by atoms with van der Waals surface area (Å²) in [6.45, 7) is 2.68. The van der Waals surface area contributed by atoms with Gasteiger partial charge in [-0.25, -0.2) is 0 Å². The van der Waals surface area contributed by atoms with Crippen LogP contribution in [0.4, 0.5) is 0 Å². The second-order valence-corrected chi connectivity index (χ2v) is 6.35. The van der Waals surface area contributed by atoms with Crippen molar-refractivity contribution in [3.8, 4) is 0 Å². The lowest BCUT2D eigenvalue weighted by Crippen LogP contribution is -2.48. The third-order valence-electron chi connectivity index (χ3n) is 4.11. The summed E-state index contributed by atoms with van der Waals surface area (Å²) in [6.07, 6.45) is 2.42. The Hall–Kier alpha value is -1.55. The molecule has 1 aromatic carbocycles. The van der Waals surface area contributed by atoms with Gasteiger partial charge in [-0.2, -0.15) is 0 Å². The summed E-state index contributed by atoms with van der Waals surface area (Å²) in [7, 11) is 0. The number of likely N-dealkylation sites (tertiary alicyclic amines) is 1. The Morgan fingerprint density at radius 1 is 1.33 bits per heavy atom. The molecule has 0 radical (unpaired) electrons. The largest absolute Gasteiger partial charge is 0.481 e. The van der Waals surface area contributed by atoms with E-state index in [-0.39, 0.29) is 5.91 Å². The zero-order valence-electron chi connectivity index (χ0n) is 12.1. The predicted octanol–water partition coefficient (Wildman–Crippen LogP) is 2.99. The highest BCUT2D eigenvalue weighted by Gasteiger charge is 2.39. The number of carbonyl (C=O) groups excluding carboxylic acids is 1. The molecule has 1 saturated heterocycles. The van der Waals surface area contributed by atoms with Gasteiger partial charge in [-0.3, -0.25) is 9.59 Å². The molecule has 1 amide bonds. The van der Waals surface area contributed by atoms with Gasteiger partial charge in [0.2, 0.25) is 5.91 Å². The molecule has 1 heterocycles. The number of carboxylic acids is 1. The highest BCUT2D eigenvalue weighted by atomic mass is 35.5. The molecule has 114 valence electrons. The topological polar surface area (TPSA) is 57.6 Å². The number of aryl methyl sites for hydroxylation is 1. The third-order valence-corrected chi connectivity index (χ3v) is 4.36. The molecule has 21 heavy (non-hydrogen) atoms. The molecule has 0 spiro atoms. The molecule has 0 aromatic heterocycles. The molecular weight excluding hydrogens is 290 g/mol. The summed E-state index contributed by atoms with van der Waals surface area (Å²) < 4.78 is 0. The lowest BCUT2D eigenvalue weighted by atomic mass is 9.82. The maximum atomic E-state index is 12.3. The molecule has 1 aliphatic heterocycles. The van der Waals surface area contributed by atoms with Crippen LogP contribution in [0.2, 0.25) is 5.02 Å². The number of hydrogen-bond acceptors (Lipinski definition) is 2. The van der Waals surface area contributed by atoms with Crippen molar-refractivity contribution in [2.45, 2.75) is 32.6 Å². The molecule has 1 aliphatic rings. The predicted molar refractivity (Wildman–Crippen MR) is 81.3 cm³/mol. The molecule has 0 bridgehead atoms. The van der Waals surface area contributed by atoms with Gasteiger partial charge in [0.15, 0.2) is 0 Å². The Kier molecular flexibility index (Phi) is 4.88. The standard InChI is InChI=1S/C16H20ClNO3/c1-16(15(20)21)9-2-10-18(11-16)14(19)8-5-12-3-6-13(17)7-4-12/h3-4,6-7H,2,5,8-11H2,1H3,(H,20,21). The molecule has 4 nitrogen and oxygen atoms in total. The number of rotatable bonds is 4. The first-order valence-corrected chi connectivity index (χ1v) is 7.54. The van der Waals surface area contributed by atoms with E-state index < -0.39 is 11.4 Å². The molecule has 0 saturated carbocycles. The number of hydrogen-bond donors (Lipinski definition) is 1. The van der Waals surface area contributed by atoms with E-state index in [1.807, 2.05) is 24.3 Å². The summed E-state index contributed by atoms with van der Waals surface area (Å²) in [5.41, 5.74) is 0.250. The summed E-state index contributed by atoms with van der Waals surface area (Å²) >= 11 is 5.83. The number of aliphatic carboxylic acids is 1. The maximum Gasteiger partial charge on any atom is 0.311 e. The summed E-state index contributed by atoms with van der Waals surface area (Å²) in [4.78, 5) is 25.2. The van der Waals surface area contributed by atoms with E-state index in [1.165, 1.54) is 0 Å². The zero-order valence-corrected chi connectivity index (χ0v) is 12.9. The van der Waals surface area contributed by atoms with Crippen LogP contribution in [0.5, 0.6) is 0 Å². The number of nitrogens with zero attached hydrogens (tertiary/aromatic N) is 1. The van der Waals surface area contributed by atoms with E-state index in [1.54, 1.807) is 11.8 Å². The van der Waals surface area contributed by atoms with Crippen molar-refractivity contribution in [1.82, 2.24) is 4.90 Å². The fourth-order valence-corrected chi connectivity index (χ4v) is 2.81. The lowest BCUT2D eigenvalue weighted by molar-refractivity contribution is -0.153. The highest BCUT2D eigenvalue weighted by Crippen LogP contribution is 2.30. The summed E-state index contributed by atoms with van der Waals surface area (Å²) in [5, 5.41) is 9.96. The number of carboxylic acid groups (broad SMARTS) is 1. The van der Waals surface area contributed by atoms with Gasteiger partial charge in [-0.1, -0.05) is 23.7 Å². The number of piperidine rings is 1. The average molecular weight is 310 g/mol. The second-order valence-electron chi connectivity index (χ2n) is 5.91. The Morgan fingerprint density at radius 3 is 2.62 bits per heavy atom. The fraction of sp³-hybridized carbons (Fsp3) is 0.500. The first-order chi connectivity index (χ1) is 9.90. The SMILES string of the molecule is CC1(C(=O)O)CCCN(C(=O)CCc2ccc(Cl)cc2)C1. The minimum Gasteiger partial charge on any atom is -0.481 e. The molecule has 1 aromatic rings. The van der Waals surface area contributed by atoms with E-state index >= 15 is 0 Å². The van der Waals surface area contributed by atoms with Gasteiger partial charge >= 0.3 is 5.97 Å². The van der Waals surface area contributed by atoms with E-state index in [4.69, 9.17) is 11.6 Å². The van der Waals surface area contributed by atoms with E-state index in [0.717, 1.165) is 12.0 Å². The zero-order chi connectivity index (χ0) is 15.5. The quantitative estimate of drug-likeness (QED) is 0.930. The van der Waals surface area contributed by atoms with Crippen LogP contribution in [0, 0.1) is 5.41 Å². The highest BCUT2D eigenvalue weighted by molar-refractivity contribution is 6.30. The van der Waals surface area contributed by atoms with Gasteiger partial charge in [0.1, 0.15) is 0 Å². The molecule has 5 heteroatoms. The van der Waals surface area contributed by atoms with Crippen molar-refractivity contribution in [1.29, 1.82) is 0 Å². The van der Waals surface area contributed by atoms with Gasteiger partial charge in [0.05, 0.1) is 5.41 Å². The van der Waals surface area contributed by atoms with Gasteiger partial charge in [0, 0.05) is 24.5 Å². The van der Waals surface area contributed by atoms with Crippen molar-refractivity contribution in [3.05, 3.63) is 34.9 Å². The monoisotopic (exact) mass is 309 g/mol. The van der Waals surface area contributed by atoms with Crippen molar-refractivity contribution in [3.63, 3.8) is 0 Å². The average Bonchev–Trinajstić information content (AvgIpc) is 2.46. The number of amides is 1. The Balaban J connectivity index is 1.91. The van der Waals surface area contributed by atoms with Crippen LogP contribution in [0.3, 0.4) is 0 Å². The second kappa shape index (κ2) is 6.48. The maximum absolute atomic E-state index is 12.3. The third kappa shape index (κ3) is 3.97. The minimum absolute atomic E-state index is 0.0251. The molecule has 1 atom stereocenters. The van der Waals surface area contributed by atoms with Crippen LogP contribution in [-0.2, 0) is 16.0 Å². The number of carbonyl (C=O) groups is 2. The summed E-state index contributed by atoms with van der Waals surface area (Å²) in [5.74, 6) is -0.796. The van der Waals surface area contributed by atoms with Gasteiger partial charge < -0.3 is 10.0 Å². The van der Waals surface area contributed by atoms with Crippen LogP contribution in [0.15, 0.2) is 24.3 Å². The molecule has 1 unspecified atom stereocenters. The van der Waals surface area contributed by atoms with Gasteiger partial charge in [0.25, 0.3) is 0 Å².